The summed E-state index contributed by atoms with van der Waals surface area (Å²) in [6.45, 7) is 44.8. The lowest BCUT2D eigenvalue weighted by atomic mass is 10.2. The molecule has 8 saturated heterocycles. The molecule has 36 heteroatoms. The van der Waals surface area contributed by atoms with Crippen LogP contribution in [0.3, 0.4) is 0 Å². The van der Waals surface area contributed by atoms with Gasteiger partial charge in [-0.2, -0.15) is 0 Å². The average Bonchev–Trinajstić information content (AvgIpc) is 1.78. The fraction of sp³-hybridized carbons (Fsp3) is 0.931. The molecule has 714 valence electrons. The predicted molar refractivity (Wildman–Crippen MR) is 442 cm³/mol. The maximum atomic E-state index is 7.10. The second-order valence-electron chi connectivity index (χ2n) is 36.1. The van der Waals surface area contributed by atoms with E-state index >= 15 is 0 Å². The van der Waals surface area contributed by atoms with Crippen molar-refractivity contribution in [1.82, 2.24) is 15.0 Å². The summed E-state index contributed by atoms with van der Waals surface area (Å²) in [5, 5.41) is 9.31. The molecule has 8 aliphatic heterocycles. The summed E-state index contributed by atoms with van der Waals surface area (Å²) in [7, 11) is 0. The Hall–Kier alpha value is -2.70. The van der Waals surface area contributed by atoms with Crippen LogP contribution >= 0.6 is 0 Å². The van der Waals surface area contributed by atoms with Crippen molar-refractivity contribution in [3.05, 3.63) is 37.2 Å². The molecule has 0 spiro atoms. The highest BCUT2D eigenvalue weighted by atomic mass is 16.8. The summed E-state index contributed by atoms with van der Waals surface area (Å²) >= 11 is 0. The van der Waals surface area contributed by atoms with Gasteiger partial charge in [-0.15, -0.1) is 18.3 Å². The van der Waals surface area contributed by atoms with Gasteiger partial charge in [-0.25, -0.2) is 4.68 Å². The predicted octanol–water partition coefficient (Wildman–Crippen LogP) is 8.11. The van der Waals surface area contributed by atoms with Gasteiger partial charge in [-0.05, 0) is 149 Å². The first kappa shape index (κ1) is 104. The molecular weight excluding hydrogens is 1610 g/mol. The Balaban J connectivity index is 1.01. The molecule has 0 radical (unpaired) electrons. The molecule has 36 nitrogen and oxygen atoms in total. The zero-order valence-corrected chi connectivity index (χ0v) is 76.7. The molecule has 0 N–H and O–H groups in total. The molecule has 8 unspecified atom stereocenters. The molecule has 123 heavy (non-hydrogen) atoms. The fourth-order valence-electron chi connectivity index (χ4n) is 14.3. The normalized spacial score (nSPS) is 27.2. The molecule has 8 aliphatic rings. The zero-order valence-electron chi connectivity index (χ0n) is 76.7. The van der Waals surface area contributed by atoms with E-state index in [1.54, 1.807) is 4.68 Å². The van der Waals surface area contributed by atoms with Crippen LogP contribution in [0, 0.1) is 0 Å². The summed E-state index contributed by atoms with van der Waals surface area (Å²) in [4.78, 5) is 0. The Labute approximate surface area is 730 Å². The Kier molecular flexibility index (Phi) is 44.4. The van der Waals surface area contributed by atoms with Crippen LogP contribution in [0.4, 0.5) is 0 Å². The van der Waals surface area contributed by atoms with Crippen molar-refractivity contribution >= 4 is 0 Å². The number of rotatable bonds is 68. The van der Waals surface area contributed by atoms with Gasteiger partial charge in [0.05, 0.1) is 224 Å². The van der Waals surface area contributed by atoms with E-state index in [9.17, 15) is 0 Å². The van der Waals surface area contributed by atoms with Crippen molar-refractivity contribution < 1.29 is 156 Å². The number of unbranched alkanes of at least 4 members (excludes halogenated alkanes) is 4. The lowest BCUT2D eigenvalue weighted by Crippen LogP contribution is -2.40. The molecule has 9 heterocycles. The van der Waals surface area contributed by atoms with Gasteiger partial charge >= 0.3 is 0 Å². The van der Waals surface area contributed by atoms with E-state index in [-0.39, 0.29) is 207 Å². The largest absolute Gasteiger partial charge is 0.379 e. The third kappa shape index (κ3) is 42.2. The smallest absolute Gasteiger partial charge is 0.163 e. The van der Waals surface area contributed by atoms with Crippen molar-refractivity contribution in [2.24, 2.45) is 0 Å². The van der Waals surface area contributed by atoms with Crippen molar-refractivity contribution in [3.63, 3.8) is 0 Å². The zero-order chi connectivity index (χ0) is 88.3. The molecule has 0 saturated carbocycles. The van der Waals surface area contributed by atoms with Gasteiger partial charge in [-0.3, -0.25) is 0 Å². The average molecular weight is 1770 g/mol. The summed E-state index contributed by atoms with van der Waals surface area (Å²) in [5.41, 5.74) is 0.518. The maximum absolute atomic E-state index is 7.10. The summed E-state index contributed by atoms with van der Waals surface area (Å²) in [6.07, 6.45) is 3.60. The maximum Gasteiger partial charge on any atom is 0.163 e. The third-order valence-corrected chi connectivity index (χ3v) is 20.4. The third-order valence-electron chi connectivity index (χ3n) is 20.4. The fourth-order valence-corrected chi connectivity index (χ4v) is 14.3. The number of allylic oxidation sites excluding steroid dienone is 2. The van der Waals surface area contributed by atoms with Crippen LogP contribution in [0.5, 0.6) is 0 Å². The first-order valence-electron chi connectivity index (χ1n) is 44.4. The van der Waals surface area contributed by atoms with E-state index in [4.69, 9.17) is 156 Å². The molecular formula is C87H153N3O33. The van der Waals surface area contributed by atoms with Crippen LogP contribution in [-0.4, -0.2) is 377 Å². The number of nitrogens with zero attached hydrogens (tertiary/aromatic N) is 3. The van der Waals surface area contributed by atoms with Gasteiger partial charge in [0, 0.05) is 13.2 Å². The van der Waals surface area contributed by atoms with Crippen LogP contribution in [0.2, 0.25) is 0 Å². The van der Waals surface area contributed by atoms with Gasteiger partial charge in [-0.1, -0.05) is 17.4 Å². The van der Waals surface area contributed by atoms with Gasteiger partial charge in [0.2, 0.25) is 0 Å². The van der Waals surface area contributed by atoms with Gasteiger partial charge in [0.25, 0.3) is 0 Å². The molecule has 0 bridgehead atoms. The lowest BCUT2D eigenvalue weighted by molar-refractivity contribution is -0.172. The summed E-state index contributed by atoms with van der Waals surface area (Å²) in [5.74, 6) is -6.08. The molecule has 0 aromatic carbocycles. The molecule has 0 amide bonds. The van der Waals surface area contributed by atoms with Crippen molar-refractivity contribution in [3.8, 4) is 0 Å². The second kappa shape index (κ2) is 52.5. The first-order chi connectivity index (χ1) is 58.6. The Morgan fingerprint density at radius 1 is 0.301 bits per heavy atom. The van der Waals surface area contributed by atoms with E-state index in [1.165, 1.54) is 0 Å². The Bertz CT molecular complexity index is 2600. The number of hydrogen-bond acceptors (Lipinski definition) is 35. The highest BCUT2D eigenvalue weighted by Gasteiger charge is 2.41. The lowest BCUT2D eigenvalue weighted by Gasteiger charge is -2.29. The van der Waals surface area contributed by atoms with Crippen LogP contribution in [0.25, 0.3) is 0 Å². The first-order valence-corrected chi connectivity index (χ1v) is 44.4. The minimum atomic E-state index is -0.860. The van der Waals surface area contributed by atoms with Gasteiger partial charge < -0.3 is 156 Å². The SMILES string of the molecule is C=CCCCCOCC(COCCCCC=C)n1cc(COC(COC(COC(COCC2COC(C)(C)O2)COCC2COC(C)(C)O2)COC(COCC2COC(C)(C)O2)COCC2COC(C)(C)O2)COC(COC(COCC2COC(C)(C)O2)COCC2COC(C)(C)O2)COC(COCC2COC(C)(C)O2)COCC2COC(C)(C)O2)nn1. The van der Waals surface area contributed by atoms with Gasteiger partial charge in [0.15, 0.2) is 46.3 Å². The number of hydrogen-bond donors (Lipinski definition) is 0. The Morgan fingerprint density at radius 2 is 0.512 bits per heavy atom. The van der Waals surface area contributed by atoms with E-state index in [2.05, 4.69) is 23.5 Å². The van der Waals surface area contributed by atoms with Crippen molar-refractivity contribution in [2.75, 3.05) is 225 Å². The highest BCUT2D eigenvalue weighted by Crippen LogP contribution is 2.30. The minimum absolute atomic E-state index is 0.0370. The monoisotopic (exact) mass is 1770 g/mol. The summed E-state index contributed by atoms with van der Waals surface area (Å²) < 4.78 is 210. The van der Waals surface area contributed by atoms with E-state index in [0.29, 0.717) is 85.0 Å². The second-order valence-corrected chi connectivity index (χ2v) is 36.1. The minimum Gasteiger partial charge on any atom is -0.379 e. The highest BCUT2D eigenvalue weighted by molar-refractivity contribution is 4.92. The quantitative estimate of drug-likeness (QED) is 0.0439. The Morgan fingerprint density at radius 3 is 0.715 bits per heavy atom. The van der Waals surface area contributed by atoms with E-state index < -0.39 is 89.0 Å². The van der Waals surface area contributed by atoms with Crippen LogP contribution < -0.4 is 0 Å². The van der Waals surface area contributed by atoms with Gasteiger partial charge in [0.1, 0.15) is 103 Å². The van der Waals surface area contributed by atoms with Crippen molar-refractivity contribution in [2.45, 2.75) is 300 Å². The van der Waals surface area contributed by atoms with Crippen LogP contribution in [0.1, 0.15) is 161 Å². The number of ether oxygens (including phenoxy) is 33. The molecule has 8 atom stereocenters. The molecule has 1 aromatic rings. The molecule has 8 fully saturated rings. The van der Waals surface area contributed by atoms with E-state index in [1.807, 2.05) is 129 Å². The van der Waals surface area contributed by atoms with E-state index in [0.717, 1.165) is 38.5 Å². The van der Waals surface area contributed by atoms with Crippen molar-refractivity contribution in [1.29, 1.82) is 0 Å². The topological polar surface area (TPSA) is 335 Å². The molecule has 9 rings (SSSR count). The van der Waals surface area contributed by atoms with Crippen LogP contribution in [-0.2, 0) is 163 Å². The standard InChI is InChI=1S/C87H153N3O33/c1-19-21-23-25-27-91-31-64(32-92-28-26-24-22-20-2)90-29-63(88-89-90)30-101-69(49-106-70(51-102-65(33-93-41-72-55-108-80(3,4)116-72)34-94-42-73-56-109-81(5,6)117-73)52-103-66(35-95-43-74-57-110-82(7,8)118-74)36-96-44-75-58-111-83(9,10)119-75)50-107-71(53-104-67(37-97-45-76-59-112-84(11,12)120-76)38-98-46-77-60-113-85(13,14)121-77)54-105-68(39-99-47-78-61-114-86(15,16)122-78)40-100-48-79-62-115-87(17,18)123-79/h19-20,29,64-79H,1-2,21-28,30-62H2,3-18H3. The summed E-state index contributed by atoms with van der Waals surface area (Å²) in [6, 6.07) is -0.305. The number of aromatic nitrogens is 3. The molecule has 0 aliphatic carbocycles. The molecule has 1 aromatic heterocycles. The van der Waals surface area contributed by atoms with Crippen LogP contribution in [0.15, 0.2) is 31.5 Å².